The van der Waals surface area contributed by atoms with Crippen LogP contribution in [0.1, 0.15) is 47.1 Å². The first kappa shape index (κ1) is 31.4. The largest absolute Gasteiger partial charge is 0.450 e. The Morgan fingerprint density at radius 2 is 1.40 bits per heavy atom. The lowest BCUT2D eigenvalue weighted by atomic mass is 10.2. The lowest BCUT2D eigenvalue weighted by molar-refractivity contribution is 0.0430. The SMILES string of the molecule is Cc1ccc(S(=O)(=O)n2ccc3c(Oc4c(F)cc(N(C(=O)OC(C)(C)C)C(=O)OC(C)(C)C)cc4F)ccnc32)cc1. The number of anilines is 1. The zero-order valence-corrected chi connectivity index (χ0v) is 25.5. The fourth-order valence-corrected chi connectivity index (χ4v) is 5.18. The van der Waals surface area contributed by atoms with Crippen LogP contribution in [0, 0.1) is 18.6 Å². The molecule has 0 aliphatic rings. The summed E-state index contributed by atoms with van der Waals surface area (Å²) < 4.78 is 74.4. The molecule has 2 heterocycles. The second kappa shape index (κ2) is 11.3. The molecule has 43 heavy (non-hydrogen) atoms. The van der Waals surface area contributed by atoms with Crippen molar-refractivity contribution in [3.05, 3.63) is 78.1 Å². The van der Waals surface area contributed by atoms with Gasteiger partial charge in [-0.05, 0) is 72.7 Å². The molecule has 0 radical (unpaired) electrons. The van der Waals surface area contributed by atoms with E-state index in [4.69, 9.17) is 14.2 Å². The number of aryl methyl sites for hydroxylation is 1. The average molecular weight is 616 g/mol. The maximum atomic E-state index is 15.4. The molecular weight excluding hydrogens is 584 g/mol. The summed E-state index contributed by atoms with van der Waals surface area (Å²) in [4.78, 5) is 30.3. The van der Waals surface area contributed by atoms with Gasteiger partial charge in [-0.1, -0.05) is 17.7 Å². The van der Waals surface area contributed by atoms with Crippen molar-refractivity contribution >= 4 is 38.9 Å². The number of rotatable bonds is 5. The van der Waals surface area contributed by atoms with Crippen LogP contribution >= 0.6 is 0 Å². The number of hydrogen-bond acceptors (Lipinski definition) is 8. The Morgan fingerprint density at radius 1 is 0.860 bits per heavy atom. The molecule has 0 saturated heterocycles. The van der Waals surface area contributed by atoms with E-state index in [1.54, 1.807) is 53.7 Å². The number of benzene rings is 2. The van der Waals surface area contributed by atoms with Crippen LogP contribution in [0.3, 0.4) is 0 Å². The molecule has 0 aliphatic heterocycles. The number of imide groups is 1. The summed E-state index contributed by atoms with van der Waals surface area (Å²) in [6.07, 6.45) is 0.0764. The Hall–Kier alpha value is -4.52. The van der Waals surface area contributed by atoms with E-state index in [9.17, 15) is 18.0 Å². The first-order chi connectivity index (χ1) is 19.9. The number of aromatic nitrogens is 2. The van der Waals surface area contributed by atoms with Crippen LogP contribution in [0.25, 0.3) is 11.0 Å². The van der Waals surface area contributed by atoms with Crippen molar-refractivity contribution in [2.24, 2.45) is 0 Å². The molecule has 0 bridgehead atoms. The van der Waals surface area contributed by atoms with E-state index in [-0.39, 0.29) is 21.7 Å². The molecule has 13 heteroatoms. The van der Waals surface area contributed by atoms with E-state index in [0.29, 0.717) is 4.90 Å². The molecule has 0 N–H and O–H groups in total. The van der Waals surface area contributed by atoms with Gasteiger partial charge in [-0.3, -0.25) is 0 Å². The van der Waals surface area contributed by atoms with E-state index in [2.05, 4.69) is 4.98 Å². The van der Waals surface area contributed by atoms with Crippen molar-refractivity contribution in [2.45, 2.75) is 64.6 Å². The third-order valence-electron chi connectivity index (χ3n) is 5.70. The standard InChI is InChI=1S/C30H31F2N3O7S/c1-18-8-10-20(11-9-18)43(38,39)34-15-13-21-24(12-14-33-26(21)34)40-25-22(31)16-19(17-23(25)32)35(27(36)41-29(2,3)4)28(37)42-30(5,6)7/h8-17H,1-7H3. The number of nitrogens with zero attached hydrogens (tertiary/aromatic N) is 3. The number of hydrogen-bond donors (Lipinski definition) is 0. The molecule has 2 amide bonds. The van der Waals surface area contributed by atoms with Gasteiger partial charge in [0.05, 0.1) is 16.0 Å². The van der Waals surface area contributed by atoms with Crippen LogP contribution in [0.5, 0.6) is 11.5 Å². The molecule has 0 atom stereocenters. The summed E-state index contributed by atoms with van der Waals surface area (Å²) in [7, 11) is -4.05. The van der Waals surface area contributed by atoms with Crippen LogP contribution in [0.2, 0.25) is 0 Å². The van der Waals surface area contributed by atoms with E-state index in [0.717, 1.165) is 21.7 Å². The first-order valence-corrected chi connectivity index (χ1v) is 14.5. The number of ether oxygens (including phenoxy) is 3. The molecule has 2 aromatic heterocycles. The third kappa shape index (κ3) is 6.94. The molecular formula is C30H31F2N3O7S. The Bertz CT molecular complexity index is 1760. The van der Waals surface area contributed by atoms with Gasteiger partial charge >= 0.3 is 12.2 Å². The number of amides is 2. The topological polar surface area (TPSA) is 117 Å². The molecule has 0 aliphatic carbocycles. The summed E-state index contributed by atoms with van der Waals surface area (Å²) in [5, 5.41) is 0.158. The zero-order valence-electron chi connectivity index (χ0n) is 24.6. The van der Waals surface area contributed by atoms with Gasteiger partial charge in [-0.2, -0.15) is 4.90 Å². The summed E-state index contributed by atoms with van der Waals surface area (Å²) in [6.45, 7) is 11.2. The van der Waals surface area contributed by atoms with Gasteiger partial charge < -0.3 is 14.2 Å². The minimum Gasteiger partial charge on any atom is -0.450 e. The van der Waals surface area contributed by atoms with Gasteiger partial charge in [0.1, 0.15) is 17.0 Å². The molecule has 4 rings (SSSR count). The van der Waals surface area contributed by atoms with E-state index in [1.807, 2.05) is 6.92 Å². The van der Waals surface area contributed by atoms with E-state index < -0.39 is 56.5 Å². The van der Waals surface area contributed by atoms with Gasteiger partial charge in [0.2, 0.25) is 0 Å². The number of pyridine rings is 1. The second-order valence-corrected chi connectivity index (χ2v) is 13.4. The molecule has 2 aromatic carbocycles. The van der Waals surface area contributed by atoms with Crippen LogP contribution < -0.4 is 9.64 Å². The molecule has 0 unspecified atom stereocenters. The van der Waals surface area contributed by atoms with Crippen molar-refractivity contribution in [3.63, 3.8) is 0 Å². The predicted octanol–water partition coefficient (Wildman–Crippen LogP) is 7.33. The summed E-state index contributed by atoms with van der Waals surface area (Å²) in [5.41, 5.74) is -1.72. The fraction of sp³-hybridized carbons (Fsp3) is 0.300. The van der Waals surface area contributed by atoms with Crippen molar-refractivity contribution in [1.29, 1.82) is 0 Å². The van der Waals surface area contributed by atoms with Gasteiger partial charge in [0.15, 0.2) is 23.0 Å². The zero-order chi connectivity index (χ0) is 31.9. The molecule has 0 fully saturated rings. The Morgan fingerprint density at radius 3 is 1.91 bits per heavy atom. The van der Waals surface area contributed by atoms with Crippen molar-refractivity contribution < 1.29 is 41.0 Å². The summed E-state index contributed by atoms with van der Waals surface area (Å²) in [5.74, 6) is -3.48. The maximum Gasteiger partial charge on any atom is 0.424 e. The highest BCUT2D eigenvalue weighted by molar-refractivity contribution is 7.90. The van der Waals surface area contributed by atoms with Crippen LogP contribution in [-0.2, 0) is 19.5 Å². The number of carbonyl (C=O) groups excluding carboxylic acids is 2. The van der Waals surface area contributed by atoms with Gasteiger partial charge in [-0.15, -0.1) is 0 Å². The van der Waals surface area contributed by atoms with Crippen molar-refractivity contribution in [2.75, 3.05) is 4.90 Å². The Labute approximate surface area is 247 Å². The molecule has 228 valence electrons. The number of carbonyl (C=O) groups is 2. The number of fused-ring (bicyclic) bond motifs is 1. The first-order valence-electron chi connectivity index (χ1n) is 13.1. The van der Waals surface area contributed by atoms with Gasteiger partial charge in [-0.25, -0.2) is 35.7 Å². The highest BCUT2D eigenvalue weighted by atomic mass is 32.2. The smallest absolute Gasteiger partial charge is 0.424 e. The summed E-state index contributed by atoms with van der Waals surface area (Å²) in [6, 6.07) is 10.4. The van der Waals surface area contributed by atoms with E-state index in [1.165, 1.54) is 36.7 Å². The monoisotopic (exact) mass is 615 g/mol. The molecule has 0 spiro atoms. The normalized spacial score (nSPS) is 12.2. The Kier molecular flexibility index (Phi) is 8.25. The average Bonchev–Trinajstić information content (AvgIpc) is 3.30. The van der Waals surface area contributed by atoms with Gasteiger partial charge in [0, 0.05) is 24.5 Å². The third-order valence-corrected chi connectivity index (χ3v) is 7.38. The highest BCUT2D eigenvalue weighted by Crippen LogP contribution is 2.36. The van der Waals surface area contributed by atoms with E-state index >= 15 is 8.78 Å². The predicted molar refractivity (Wildman–Crippen MR) is 155 cm³/mol. The summed E-state index contributed by atoms with van der Waals surface area (Å²) >= 11 is 0. The number of halogens is 2. The van der Waals surface area contributed by atoms with Crippen molar-refractivity contribution in [1.82, 2.24) is 8.96 Å². The Balaban J connectivity index is 1.72. The van der Waals surface area contributed by atoms with Crippen LogP contribution in [0.4, 0.5) is 24.1 Å². The molecule has 0 saturated carbocycles. The fourth-order valence-electron chi connectivity index (χ4n) is 3.88. The minimum absolute atomic E-state index is 0.0240. The van der Waals surface area contributed by atoms with Crippen molar-refractivity contribution in [3.8, 4) is 11.5 Å². The second-order valence-electron chi connectivity index (χ2n) is 11.6. The molecule has 4 aromatic rings. The maximum absolute atomic E-state index is 15.4. The lowest BCUT2D eigenvalue weighted by Gasteiger charge is -2.28. The highest BCUT2D eigenvalue weighted by Gasteiger charge is 2.34. The van der Waals surface area contributed by atoms with Crippen LogP contribution in [-0.4, -0.2) is 40.8 Å². The minimum atomic E-state index is -4.05. The van der Waals surface area contributed by atoms with Gasteiger partial charge in [0.25, 0.3) is 10.0 Å². The van der Waals surface area contributed by atoms with Crippen LogP contribution in [0.15, 0.2) is 65.8 Å². The quantitative estimate of drug-likeness (QED) is 0.229. The molecule has 10 nitrogen and oxygen atoms in total. The lowest BCUT2D eigenvalue weighted by Crippen LogP contribution is -2.43.